The largest absolute Gasteiger partial charge is 0.289 e. The number of carbonyl (C=O) groups excluding carboxylic acids is 2. The van der Waals surface area contributed by atoms with Gasteiger partial charge in [-0.3, -0.25) is 9.59 Å². The highest BCUT2D eigenvalue weighted by molar-refractivity contribution is 8.14. The van der Waals surface area contributed by atoms with Crippen LogP contribution in [0.1, 0.15) is 34.1 Å². The van der Waals surface area contributed by atoms with E-state index in [0.717, 1.165) is 0 Å². The molecule has 0 rings (SSSR count). The molecule has 0 bridgehead atoms. The second-order valence-electron chi connectivity index (χ2n) is 3.05. The van der Waals surface area contributed by atoms with Crippen molar-refractivity contribution in [2.24, 2.45) is 0 Å². The zero-order chi connectivity index (χ0) is 11.8. The zero-order valence-electron chi connectivity index (χ0n) is 9.79. The molecule has 0 radical (unpaired) electrons. The van der Waals surface area contributed by atoms with E-state index in [-0.39, 0.29) is 10.9 Å². The van der Waals surface area contributed by atoms with Gasteiger partial charge in [0.25, 0.3) is 0 Å². The van der Waals surface area contributed by atoms with E-state index in [9.17, 15) is 9.59 Å². The van der Waals surface area contributed by atoms with Crippen molar-refractivity contribution in [3.05, 3.63) is 23.3 Å². The van der Waals surface area contributed by atoms with Crippen LogP contribution in [0.2, 0.25) is 0 Å². The van der Waals surface area contributed by atoms with Gasteiger partial charge in [0.05, 0.1) is 5.57 Å². The van der Waals surface area contributed by atoms with Crippen LogP contribution in [0.4, 0.5) is 0 Å². The maximum atomic E-state index is 11.8. The molecular formula is C12H18O2S. The summed E-state index contributed by atoms with van der Waals surface area (Å²) in [5, 5.41) is -0.120. The topological polar surface area (TPSA) is 34.1 Å². The Bertz CT molecular complexity index is 301. The van der Waals surface area contributed by atoms with Crippen molar-refractivity contribution >= 4 is 22.7 Å². The normalized spacial score (nSPS) is 12.8. The van der Waals surface area contributed by atoms with E-state index in [0.29, 0.717) is 23.3 Å². The molecule has 0 aliphatic heterocycles. The molecule has 84 valence electrons. The molecule has 0 amide bonds. The summed E-state index contributed by atoms with van der Waals surface area (Å²) in [6, 6.07) is 0. The molecule has 2 nitrogen and oxygen atoms in total. The first kappa shape index (κ1) is 14.2. The number of thioether (sulfide) groups is 1. The van der Waals surface area contributed by atoms with Crippen molar-refractivity contribution in [3.63, 3.8) is 0 Å². The number of rotatable bonds is 5. The minimum absolute atomic E-state index is 0.120. The molecule has 3 heteroatoms. The molecule has 0 saturated carbocycles. The van der Waals surface area contributed by atoms with E-state index in [1.807, 2.05) is 13.8 Å². The Kier molecular flexibility index (Phi) is 7.05. The molecule has 0 saturated heterocycles. The van der Waals surface area contributed by atoms with E-state index in [2.05, 4.69) is 0 Å². The molecule has 0 aliphatic rings. The van der Waals surface area contributed by atoms with Crippen LogP contribution in [0.25, 0.3) is 0 Å². The third-order valence-corrected chi connectivity index (χ3v) is 2.71. The van der Waals surface area contributed by atoms with Gasteiger partial charge in [0.2, 0.25) is 5.12 Å². The predicted octanol–water partition coefficient (Wildman–Crippen LogP) is 3.14. The Morgan fingerprint density at radius 3 is 2.27 bits per heavy atom. The molecule has 0 unspecified atom stereocenters. The Balaban J connectivity index is 4.91. The van der Waals surface area contributed by atoms with Crippen LogP contribution >= 0.6 is 11.8 Å². The first-order valence-electron chi connectivity index (χ1n) is 5.13. The lowest BCUT2D eigenvalue weighted by molar-refractivity contribution is -0.115. The molecule has 0 aliphatic carbocycles. The molecule has 0 spiro atoms. The summed E-state index contributed by atoms with van der Waals surface area (Å²) in [4.78, 5) is 23.5. The van der Waals surface area contributed by atoms with E-state index in [1.54, 1.807) is 26.0 Å². The average Bonchev–Trinajstić information content (AvgIpc) is 2.24. The molecule has 0 aromatic carbocycles. The first-order chi connectivity index (χ1) is 7.08. The number of allylic oxidation sites excluding steroid dienone is 3. The van der Waals surface area contributed by atoms with Gasteiger partial charge in [-0.25, -0.2) is 0 Å². The smallest absolute Gasteiger partial charge is 0.222 e. The molecule has 0 heterocycles. The van der Waals surface area contributed by atoms with Crippen molar-refractivity contribution in [2.75, 3.05) is 5.75 Å². The highest BCUT2D eigenvalue weighted by atomic mass is 32.2. The van der Waals surface area contributed by atoms with Crippen LogP contribution in [0.5, 0.6) is 0 Å². The number of ketones is 1. The molecular weight excluding hydrogens is 208 g/mol. The van der Waals surface area contributed by atoms with E-state index < -0.39 is 0 Å². The van der Waals surface area contributed by atoms with Gasteiger partial charge in [0.1, 0.15) is 0 Å². The summed E-state index contributed by atoms with van der Waals surface area (Å²) in [5.41, 5.74) is 0.944. The number of hydrogen-bond acceptors (Lipinski definition) is 3. The van der Waals surface area contributed by atoms with E-state index in [4.69, 9.17) is 0 Å². The quantitative estimate of drug-likeness (QED) is 0.410. The molecule has 0 N–H and O–H groups in total. The first-order valence-corrected chi connectivity index (χ1v) is 6.11. The molecule has 0 atom stereocenters. The minimum Gasteiger partial charge on any atom is -0.289 e. The zero-order valence-corrected chi connectivity index (χ0v) is 10.6. The van der Waals surface area contributed by atoms with Gasteiger partial charge in [0, 0.05) is 0 Å². The summed E-state index contributed by atoms with van der Waals surface area (Å²) in [7, 11) is 0. The summed E-state index contributed by atoms with van der Waals surface area (Å²) in [6.45, 7) is 7.35. The van der Waals surface area contributed by atoms with E-state index in [1.165, 1.54) is 11.8 Å². The lowest BCUT2D eigenvalue weighted by atomic mass is 10.0. The highest BCUT2D eigenvalue weighted by Gasteiger charge is 2.18. The second kappa shape index (κ2) is 7.46. The maximum absolute atomic E-state index is 11.8. The SMILES string of the molecule is C/C=C(\C)C(=O)/C(=C\CC)C(=O)SCC. The maximum Gasteiger partial charge on any atom is 0.222 e. The predicted molar refractivity (Wildman–Crippen MR) is 66.0 cm³/mol. The monoisotopic (exact) mass is 226 g/mol. The van der Waals surface area contributed by atoms with Crippen LogP contribution < -0.4 is 0 Å². The van der Waals surface area contributed by atoms with Gasteiger partial charge in [0.15, 0.2) is 5.78 Å². The fourth-order valence-electron chi connectivity index (χ4n) is 1.03. The van der Waals surface area contributed by atoms with Crippen LogP contribution in [-0.2, 0) is 9.59 Å². The Morgan fingerprint density at radius 1 is 1.27 bits per heavy atom. The summed E-state index contributed by atoms with van der Waals surface area (Å²) < 4.78 is 0. The fourth-order valence-corrected chi connectivity index (χ4v) is 1.62. The third kappa shape index (κ3) is 4.47. The van der Waals surface area contributed by atoms with Gasteiger partial charge in [-0.15, -0.1) is 0 Å². The standard InChI is InChI=1S/C12H18O2S/c1-5-8-10(12(14)15-7-3)11(13)9(4)6-2/h6,8H,5,7H2,1-4H3/b9-6+,10-8+. The minimum atomic E-state index is -0.148. The summed E-state index contributed by atoms with van der Waals surface area (Å²) in [6.07, 6.45) is 4.14. The van der Waals surface area contributed by atoms with Crippen molar-refractivity contribution in [2.45, 2.75) is 34.1 Å². The second-order valence-corrected chi connectivity index (χ2v) is 4.28. The van der Waals surface area contributed by atoms with E-state index >= 15 is 0 Å². The summed E-state index contributed by atoms with van der Waals surface area (Å²) >= 11 is 1.18. The van der Waals surface area contributed by atoms with Crippen molar-refractivity contribution < 1.29 is 9.59 Å². The van der Waals surface area contributed by atoms with Gasteiger partial charge in [-0.05, 0) is 31.6 Å². The number of Topliss-reactive ketones (excluding diaryl/α,β-unsaturated/α-hetero) is 1. The lowest BCUT2D eigenvalue weighted by Gasteiger charge is -2.04. The Labute approximate surface area is 95.8 Å². The van der Waals surface area contributed by atoms with Crippen molar-refractivity contribution in [3.8, 4) is 0 Å². The molecule has 0 aromatic rings. The van der Waals surface area contributed by atoms with Crippen molar-refractivity contribution in [1.82, 2.24) is 0 Å². The van der Waals surface area contributed by atoms with Crippen LogP contribution in [0, 0.1) is 0 Å². The Morgan fingerprint density at radius 2 is 1.87 bits per heavy atom. The van der Waals surface area contributed by atoms with Crippen LogP contribution in [-0.4, -0.2) is 16.7 Å². The third-order valence-electron chi connectivity index (χ3n) is 1.94. The summed E-state index contributed by atoms with van der Waals surface area (Å²) in [5.74, 6) is 0.549. The molecule has 15 heavy (non-hydrogen) atoms. The van der Waals surface area contributed by atoms with Crippen LogP contribution in [0.3, 0.4) is 0 Å². The van der Waals surface area contributed by atoms with Crippen molar-refractivity contribution in [1.29, 1.82) is 0 Å². The fraction of sp³-hybridized carbons (Fsp3) is 0.500. The molecule has 0 aromatic heterocycles. The van der Waals surface area contributed by atoms with Gasteiger partial charge >= 0.3 is 0 Å². The average molecular weight is 226 g/mol. The van der Waals surface area contributed by atoms with Crippen LogP contribution in [0.15, 0.2) is 23.3 Å². The molecule has 0 fully saturated rings. The van der Waals surface area contributed by atoms with Gasteiger partial charge in [-0.1, -0.05) is 37.8 Å². The Hall–Kier alpha value is -0.830. The van der Waals surface area contributed by atoms with Gasteiger partial charge < -0.3 is 0 Å². The number of hydrogen-bond donors (Lipinski definition) is 0. The highest BCUT2D eigenvalue weighted by Crippen LogP contribution is 2.15. The number of carbonyl (C=O) groups is 2. The lowest BCUT2D eigenvalue weighted by Crippen LogP contribution is -2.11. The van der Waals surface area contributed by atoms with Gasteiger partial charge in [-0.2, -0.15) is 0 Å².